The molecule has 0 bridgehead atoms. The van der Waals surface area contributed by atoms with E-state index in [1.165, 1.54) is 37.5 Å². The molecule has 35 heavy (non-hydrogen) atoms. The van der Waals surface area contributed by atoms with E-state index in [9.17, 15) is 27.6 Å². The zero-order valence-corrected chi connectivity index (χ0v) is 19.3. The second-order valence-electron chi connectivity index (χ2n) is 7.62. The molecule has 1 aromatic carbocycles. The van der Waals surface area contributed by atoms with Gasteiger partial charge in [-0.3, -0.25) is 14.5 Å². The van der Waals surface area contributed by atoms with Crippen molar-refractivity contribution in [1.82, 2.24) is 10.3 Å². The first-order valence-corrected chi connectivity index (χ1v) is 10.9. The predicted molar refractivity (Wildman–Crippen MR) is 124 cm³/mol. The van der Waals surface area contributed by atoms with E-state index in [1.807, 2.05) is 0 Å². The number of hydrogen-bond donors (Lipinski definition) is 2. The molecule has 0 atom stereocenters. The Kier molecular flexibility index (Phi) is 8.47. The number of ether oxygens (including phenoxy) is 1. The Hall–Kier alpha value is -3.44. The minimum Gasteiger partial charge on any atom is -0.466 e. The molecule has 8 nitrogen and oxygen atoms in total. The van der Waals surface area contributed by atoms with Gasteiger partial charge in [-0.05, 0) is 61.8 Å². The summed E-state index contributed by atoms with van der Waals surface area (Å²) in [5.74, 6) is -3.99. The minimum absolute atomic E-state index is 0.0295. The smallest absolute Gasteiger partial charge is 0.466 e. The summed E-state index contributed by atoms with van der Waals surface area (Å²) >= 11 is 5.82. The van der Waals surface area contributed by atoms with Gasteiger partial charge in [-0.1, -0.05) is 17.7 Å². The van der Waals surface area contributed by atoms with Gasteiger partial charge in [-0.2, -0.15) is 13.2 Å². The molecule has 2 amide bonds. The summed E-state index contributed by atoms with van der Waals surface area (Å²) in [6.07, 6.45) is -0.657. The van der Waals surface area contributed by atoms with Crippen LogP contribution in [-0.2, 0) is 19.1 Å². The number of esters is 1. The number of aromatic nitrogens is 1. The quantitative estimate of drug-likeness (QED) is 0.448. The van der Waals surface area contributed by atoms with Gasteiger partial charge < -0.3 is 15.4 Å². The molecular weight excluding hydrogens is 489 g/mol. The summed E-state index contributed by atoms with van der Waals surface area (Å²) in [5, 5.41) is 5.94. The molecule has 2 heterocycles. The first kappa shape index (κ1) is 26.2. The molecule has 0 radical (unpaired) electrons. The van der Waals surface area contributed by atoms with Crippen molar-refractivity contribution in [1.29, 1.82) is 0 Å². The van der Waals surface area contributed by atoms with Crippen molar-refractivity contribution in [2.45, 2.75) is 19.0 Å². The summed E-state index contributed by atoms with van der Waals surface area (Å²) in [6, 6.07) is 6.51. The predicted octanol–water partition coefficient (Wildman–Crippen LogP) is 4.09. The minimum atomic E-state index is -5.25. The van der Waals surface area contributed by atoms with Crippen LogP contribution in [0, 0.1) is 5.92 Å². The molecule has 3 rings (SSSR count). The number of alkyl halides is 3. The van der Waals surface area contributed by atoms with Crippen LogP contribution in [0.3, 0.4) is 0 Å². The standard InChI is InChI=1S/C23H22ClF3N4O4/c1-35-20(32)7-3-14-2-5-17(30-21(33)15-8-10-28-11-9-15)18(12-14)31(22(34)23(25,26)27)19-6-4-16(24)13-29-19/h2-7,12-13,15,28H,8-11H2,1H3,(H,30,33)/b7-3+. The van der Waals surface area contributed by atoms with E-state index in [0.717, 1.165) is 18.3 Å². The Labute approximate surface area is 204 Å². The summed E-state index contributed by atoms with van der Waals surface area (Å²) in [4.78, 5) is 41.1. The number of amides is 2. The highest BCUT2D eigenvalue weighted by atomic mass is 35.5. The number of methoxy groups -OCH3 is 1. The summed E-state index contributed by atoms with van der Waals surface area (Å²) in [5.41, 5.74) is -0.0336. The Morgan fingerprint density at radius 1 is 1.20 bits per heavy atom. The number of carbonyl (C=O) groups excluding carboxylic acids is 3. The lowest BCUT2D eigenvalue weighted by Gasteiger charge is -2.27. The Morgan fingerprint density at radius 2 is 1.91 bits per heavy atom. The number of halogens is 4. The van der Waals surface area contributed by atoms with Crippen molar-refractivity contribution in [2.75, 3.05) is 30.4 Å². The second kappa shape index (κ2) is 11.3. The van der Waals surface area contributed by atoms with E-state index in [-0.39, 0.29) is 39.6 Å². The average Bonchev–Trinajstić information content (AvgIpc) is 2.84. The lowest BCUT2D eigenvalue weighted by atomic mass is 9.97. The van der Waals surface area contributed by atoms with Gasteiger partial charge in [0.1, 0.15) is 5.82 Å². The number of piperidine rings is 1. The van der Waals surface area contributed by atoms with Gasteiger partial charge in [-0.25, -0.2) is 9.78 Å². The zero-order chi connectivity index (χ0) is 25.6. The van der Waals surface area contributed by atoms with E-state index in [4.69, 9.17) is 11.6 Å². The summed E-state index contributed by atoms with van der Waals surface area (Å²) < 4.78 is 45.4. The average molecular weight is 511 g/mol. The fraction of sp³-hybridized carbons (Fsp3) is 0.304. The van der Waals surface area contributed by atoms with Crippen LogP contribution in [-0.4, -0.2) is 49.1 Å². The van der Waals surface area contributed by atoms with E-state index < -0.39 is 18.1 Å². The van der Waals surface area contributed by atoms with Crippen LogP contribution in [0.1, 0.15) is 18.4 Å². The Balaban J connectivity index is 2.11. The van der Waals surface area contributed by atoms with E-state index >= 15 is 0 Å². The molecule has 1 aliphatic heterocycles. The molecule has 1 aromatic heterocycles. The fourth-order valence-corrected chi connectivity index (χ4v) is 3.57. The number of hydrogen-bond acceptors (Lipinski definition) is 6. The molecule has 2 N–H and O–H groups in total. The zero-order valence-electron chi connectivity index (χ0n) is 18.6. The maximum atomic E-state index is 13.6. The van der Waals surface area contributed by atoms with Crippen molar-refractivity contribution >= 4 is 52.7 Å². The van der Waals surface area contributed by atoms with Crippen LogP contribution in [0.5, 0.6) is 0 Å². The van der Waals surface area contributed by atoms with Gasteiger partial charge in [0.25, 0.3) is 0 Å². The van der Waals surface area contributed by atoms with Crippen LogP contribution in [0.4, 0.5) is 30.4 Å². The maximum Gasteiger partial charge on any atom is 0.472 e. The normalized spacial score (nSPS) is 14.5. The second-order valence-corrected chi connectivity index (χ2v) is 8.06. The van der Waals surface area contributed by atoms with Crippen molar-refractivity contribution in [3.05, 3.63) is 53.2 Å². The van der Waals surface area contributed by atoms with Crippen LogP contribution < -0.4 is 15.5 Å². The molecule has 186 valence electrons. The molecule has 0 unspecified atom stereocenters. The molecule has 0 saturated carbocycles. The van der Waals surface area contributed by atoms with Crippen molar-refractivity contribution in [3.63, 3.8) is 0 Å². The van der Waals surface area contributed by atoms with Crippen LogP contribution in [0.25, 0.3) is 6.08 Å². The van der Waals surface area contributed by atoms with Crippen LogP contribution in [0.2, 0.25) is 5.02 Å². The number of anilines is 3. The SMILES string of the molecule is COC(=O)/C=C/c1ccc(NC(=O)C2CCNCC2)c(N(C(=O)C(F)(F)F)c2ccc(Cl)cn2)c1. The first-order valence-electron chi connectivity index (χ1n) is 10.5. The Bertz CT molecular complexity index is 1120. The van der Waals surface area contributed by atoms with E-state index in [0.29, 0.717) is 30.8 Å². The highest BCUT2D eigenvalue weighted by Gasteiger charge is 2.45. The van der Waals surface area contributed by atoms with Crippen LogP contribution >= 0.6 is 11.6 Å². The van der Waals surface area contributed by atoms with Gasteiger partial charge in [0.05, 0.1) is 23.5 Å². The highest BCUT2D eigenvalue weighted by molar-refractivity contribution is 6.30. The van der Waals surface area contributed by atoms with Gasteiger partial charge in [0, 0.05) is 18.2 Å². The molecule has 1 saturated heterocycles. The maximum absolute atomic E-state index is 13.6. The van der Waals surface area contributed by atoms with Gasteiger partial charge in [0.15, 0.2) is 0 Å². The molecular formula is C23H22ClF3N4O4. The Morgan fingerprint density at radius 3 is 2.51 bits per heavy atom. The molecule has 0 spiro atoms. The van der Waals surface area contributed by atoms with Crippen molar-refractivity contribution in [3.8, 4) is 0 Å². The van der Waals surface area contributed by atoms with Crippen molar-refractivity contribution in [2.24, 2.45) is 5.92 Å². The lowest BCUT2D eigenvalue weighted by molar-refractivity contribution is -0.169. The number of carbonyl (C=O) groups is 3. The highest BCUT2D eigenvalue weighted by Crippen LogP contribution is 2.37. The molecule has 2 aromatic rings. The van der Waals surface area contributed by atoms with E-state index in [1.54, 1.807) is 0 Å². The lowest BCUT2D eigenvalue weighted by Crippen LogP contribution is -2.39. The molecule has 1 aliphatic rings. The van der Waals surface area contributed by atoms with Gasteiger partial charge in [-0.15, -0.1) is 0 Å². The number of pyridine rings is 1. The largest absolute Gasteiger partial charge is 0.472 e. The monoisotopic (exact) mass is 510 g/mol. The summed E-state index contributed by atoms with van der Waals surface area (Å²) in [6.45, 7) is 1.27. The first-order chi connectivity index (χ1) is 16.6. The molecule has 1 fully saturated rings. The topological polar surface area (TPSA) is 101 Å². The van der Waals surface area contributed by atoms with Crippen LogP contribution in [0.15, 0.2) is 42.6 Å². The van der Waals surface area contributed by atoms with Crippen molar-refractivity contribution < 1.29 is 32.3 Å². The number of nitrogens with zero attached hydrogens (tertiary/aromatic N) is 2. The van der Waals surface area contributed by atoms with E-state index in [2.05, 4.69) is 20.4 Å². The third-order valence-electron chi connectivity index (χ3n) is 5.23. The third kappa shape index (κ3) is 6.80. The van der Waals surface area contributed by atoms with Gasteiger partial charge in [0.2, 0.25) is 5.91 Å². The summed E-state index contributed by atoms with van der Waals surface area (Å²) in [7, 11) is 1.17. The molecule has 0 aliphatic carbocycles. The fourth-order valence-electron chi connectivity index (χ4n) is 3.46. The third-order valence-corrected chi connectivity index (χ3v) is 5.45. The molecule has 12 heteroatoms. The number of benzene rings is 1. The van der Waals surface area contributed by atoms with Gasteiger partial charge >= 0.3 is 18.1 Å². The number of nitrogens with one attached hydrogen (secondary N) is 2. The number of rotatable bonds is 6.